The zero-order valence-corrected chi connectivity index (χ0v) is 15.5. The molecule has 1 saturated heterocycles. The first-order valence-electron chi connectivity index (χ1n) is 8.26. The van der Waals surface area contributed by atoms with Crippen molar-refractivity contribution in [1.29, 1.82) is 0 Å². The van der Waals surface area contributed by atoms with Crippen LogP contribution in [0.15, 0.2) is 29.2 Å². The maximum absolute atomic E-state index is 12.8. The Morgan fingerprint density at radius 2 is 1.92 bits per heavy atom. The van der Waals surface area contributed by atoms with Crippen molar-refractivity contribution in [2.75, 3.05) is 13.2 Å². The van der Waals surface area contributed by atoms with Gasteiger partial charge >= 0.3 is 5.97 Å². The van der Waals surface area contributed by atoms with Gasteiger partial charge in [0.1, 0.15) is 6.04 Å². The fourth-order valence-electron chi connectivity index (χ4n) is 2.71. The molecule has 138 valence electrons. The van der Waals surface area contributed by atoms with Crippen LogP contribution < -0.4 is 5.32 Å². The average molecular weight is 368 g/mol. The standard InChI is InChI=1S/C17H24N2O5S/c1-12(2)18-16(20)11-24-17(21)15-5-4-10-19(15)25(22,23)14-8-6-13(3)7-9-14/h6-9,12,15H,4-5,10-11H2,1-3H3,(H,18,20)/t15-/m0/s1. The lowest BCUT2D eigenvalue weighted by Crippen LogP contribution is -2.42. The Balaban J connectivity index is 2.07. The second-order valence-corrected chi connectivity index (χ2v) is 8.31. The van der Waals surface area contributed by atoms with Crippen LogP contribution in [0.2, 0.25) is 0 Å². The first-order chi connectivity index (χ1) is 11.7. The molecule has 0 bridgehead atoms. The van der Waals surface area contributed by atoms with E-state index in [-0.39, 0.29) is 17.5 Å². The van der Waals surface area contributed by atoms with Crippen LogP contribution in [0.1, 0.15) is 32.3 Å². The van der Waals surface area contributed by atoms with E-state index in [1.165, 1.54) is 16.4 Å². The van der Waals surface area contributed by atoms with E-state index < -0.39 is 34.5 Å². The SMILES string of the molecule is Cc1ccc(S(=O)(=O)N2CCC[C@H]2C(=O)OCC(=O)NC(C)C)cc1. The minimum atomic E-state index is -3.78. The number of benzene rings is 1. The minimum absolute atomic E-state index is 0.0592. The van der Waals surface area contributed by atoms with Crippen LogP contribution >= 0.6 is 0 Å². The summed E-state index contributed by atoms with van der Waals surface area (Å²) in [5.41, 5.74) is 0.951. The molecule has 1 atom stereocenters. The Bertz CT molecular complexity index is 728. The molecule has 1 aliphatic heterocycles. The molecule has 0 saturated carbocycles. The molecule has 1 N–H and O–H groups in total. The molecule has 2 rings (SSSR count). The zero-order valence-electron chi connectivity index (χ0n) is 14.7. The largest absolute Gasteiger partial charge is 0.454 e. The third-order valence-electron chi connectivity index (χ3n) is 3.90. The lowest BCUT2D eigenvalue weighted by molar-refractivity contribution is -0.151. The number of hydrogen-bond acceptors (Lipinski definition) is 5. The number of carbonyl (C=O) groups excluding carboxylic acids is 2. The van der Waals surface area contributed by atoms with Gasteiger partial charge in [0.25, 0.3) is 5.91 Å². The average Bonchev–Trinajstić information content (AvgIpc) is 3.03. The highest BCUT2D eigenvalue weighted by atomic mass is 32.2. The van der Waals surface area contributed by atoms with Crippen molar-refractivity contribution in [3.63, 3.8) is 0 Å². The van der Waals surface area contributed by atoms with Crippen LogP contribution in [0.25, 0.3) is 0 Å². The molecule has 1 fully saturated rings. The Hall–Kier alpha value is -1.93. The molecule has 1 aromatic rings. The van der Waals surface area contributed by atoms with E-state index in [4.69, 9.17) is 4.74 Å². The molecular weight excluding hydrogens is 344 g/mol. The number of nitrogens with one attached hydrogen (secondary N) is 1. The normalized spacial score (nSPS) is 18.3. The van der Waals surface area contributed by atoms with Crippen molar-refractivity contribution in [3.05, 3.63) is 29.8 Å². The predicted octanol–water partition coefficient (Wildman–Crippen LogP) is 1.22. The van der Waals surface area contributed by atoms with Gasteiger partial charge in [0.05, 0.1) is 4.90 Å². The first-order valence-corrected chi connectivity index (χ1v) is 9.70. The highest BCUT2D eigenvalue weighted by Gasteiger charge is 2.40. The van der Waals surface area contributed by atoms with Crippen molar-refractivity contribution in [1.82, 2.24) is 9.62 Å². The van der Waals surface area contributed by atoms with Gasteiger partial charge in [0.2, 0.25) is 10.0 Å². The molecular formula is C17H24N2O5S. The van der Waals surface area contributed by atoms with Crippen LogP contribution in [0, 0.1) is 6.92 Å². The molecule has 0 radical (unpaired) electrons. The predicted molar refractivity (Wildman–Crippen MR) is 92.3 cm³/mol. The van der Waals surface area contributed by atoms with Crippen LogP contribution in [-0.4, -0.2) is 49.8 Å². The zero-order chi connectivity index (χ0) is 18.6. The molecule has 0 unspecified atom stereocenters. The number of nitrogens with zero attached hydrogens (tertiary/aromatic N) is 1. The molecule has 0 spiro atoms. The quantitative estimate of drug-likeness (QED) is 0.762. The van der Waals surface area contributed by atoms with E-state index in [0.717, 1.165) is 5.56 Å². The highest BCUT2D eigenvalue weighted by molar-refractivity contribution is 7.89. The van der Waals surface area contributed by atoms with Gasteiger partial charge in [-0.2, -0.15) is 4.31 Å². The van der Waals surface area contributed by atoms with Crippen LogP contribution in [0.4, 0.5) is 0 Å². The first kappa shape index (κ1) is 19.4. The summed E-state index contributed by atoms with van der Waals surface area (Å²) in [6.45, 7) is 5.31. The Morgan fingerprint density at radius 3 is 2.52 bits per heavy atom. The summed E-state index contributed by atoms with van der Waals surface area (Å²) in [5.74, 6) is -1.10. The Morgan fingerprint density at radius 1 is 1.28 bits per heavy atom. The maximum Gasteiger partial charge on any atom is 0.324 e. The number of sulfonamides is 1. The van der Waals surface area contributed by atoms with E-state index in [9.17, 15) is 18.0 Å². The number of rotatable bonds is 6. The second kappa shape index (κ2) is 7.97. The van der Waals surface area contributed by atoms with Crippen LogP contribution in [0.3, 0.4) is 0 Å². The molecule has 1 amide bonds. The van der Waals surface area contributed by atoms with E-state index in [0.29, 0.717) is 12.8 Å². The summed E-state index contributed by atoms with van der Waals surface area (Å²) < 4.78 is 31.7. The summed E-state index contributed by atoms with van der Waals surface area (Å²) >= 11 is 0. The summed E-state index contributed by atoms with van der Waals surface area (Å²) in [6.07, 6.45) is 0.957. The fraction of sp³-hybridized carbons (Fsp3) is 0.529. The summed E-state index contributed by atoms with van der Waals surface area (Å²) in [7, 11) is -3.78. The smallest absolute Gasteiger partial charge is 0.324 e. The van der Waals surface area contributed by atoms with Gasteiger partial charge in [-0.05, 0) is 45.7 Å². The number of carbonyl (C=O) groups is 2. The Labute approximate surface area is 148 Å². The van der Waals surface area contributed by atoms with Gasteiger partial charge in [-0.25, -0.2) is 8.42 Å². The van der Waals surface area contributed by atoms with Crippen molar-refractivity contribution in [2.24, 2.45) is 0 Å². The number of amides is 1. The topological polar surface area (TPSA) is 92.8 Å². The van der Waals surface area contributed by atoms with Crippen molar-refractivity contribution >= 4 is 21.9 Å². The molecule has 1 heterocycles. The Kier molecular flexibility index (Phi) is 6.18. The number of hydrogen-bond donors (Lipinski definition) is 1. The van der Waals surface area contributed by atoms with Gasteiger partial charge in [-0.15, -0.1) is 0 Å². The van der Waals surface area contributed by atoms with Crippen molar-refractivity contribution < 1.29 is 22.7 Å². The van der Waals surface area contributed by atoms with Gasteiger partial charge in [-0.3, -0.25) is 9.59 Å². The van der Waals surface area contributed by atoms with Crippen molar-refractivity contribution in [3.8, 4) is 0 Å². The molecule has 1 aromatic carbocycles. The third kappa shape index (κ3) is 4.79. The van der Waals surface area contributed by atoms with E-state index >= 15 is 0 Å². The van der Waals surface area contributed by atoms with E-state index in [2.05, 4.69) is 5.32 Å². The molecule has 1 aliphatic rings. The number of esters is 1. The lowest BCUT2D eigenvalue weighted by Gasteiger charge is -2.22. The van der Waals surface area contributed by atoms with Crippen LogP contribution in [0.5, 0.6) is 0 Å². The molecule has 7 nitrogen and oxygen atoms in total. The van der Waals surface area contributed by atoms with E-state index in [1.54, 1.807) is 26.0 Å². The van der Waals surface area contributed by atoms with Crippen LogP contribution in [-0.2, 0) is 24.3 Å². The highest BCUT2D eigenvalue weighted by Crippen LogP contribution is 2.27. The van der Waals surface area contributed by atoms with Gasteiger partial charge in [0, 0.05) is 12.6 Å². The van der Waals surface area contributed by atoms with E-state index in [1.807, 2.05) is 6.92 Å². The lowest BCUT2D eigenvalue weighted by atomic mass is 10.2. The third-order valence-corrected chi connectivity index (χ3v) is 5.82. The minimum Gasteiger partial charge on any atom is -0.454 e. The number of ether oxygens (including phenoxy) is 1. The summed E-state index contributed by atoms with van der Waals surface area (Å²) in [4.78, 5) is 24.0. The van der Waals surface area contributed by atoms with Crippen molar-refractivity contribution in [2.45, 2.75) is 50.6 Å². The maximum atomic E-state index is 12.8. The monoisotopic (exact) mass is 368 g/mol. The molecule has 0 aromatic heterocycles. The fourth-order valence-corrected chi connectivity index (χ4v) is 4.35. The van der Waals surface area contributed by atoms with Gasteiger partial charge in [0.15, 0.2) is 6.61 Å². The number of aryl methyl sites for hydroxylation is 1. The summed E-state index contributed by atoms with van der Waals surface area (Å²) in [5, 5.41) is 2.61. The van der Waals surface area contributed by atoms with Gasteiger partial charge in [-0.1, -0.05) is 17.7 Å². The molecule has 0 aliphatic carbocycles. The second-order valence-electron chi connectivity index (χ2n) is 6.42. The van der Waals surface area contributed by atoms with Gasteiger partial charge < -0.3 is 10.1 Å². The summed E-state index contributed by atoms with van der Waals surface area (Å²) in [6, 6.07) is 5.54. The molecule has 8 heteroatoms. The molecule has 25 heavy (non-hydrogen) atoms.